The molecular formula is C24H23N3O. The summed E-state index contributed by atoms with van der Waals surface area (Å²) in [4.78, 5) is 20.8. The number of carbonyl (C=O) groups is 1. The first-order valence-corrected chi connectivity index (χ1v) is 9.50. The van der Waals surface area contributed by atoms with Crippen LogP contribution in [0.3, 0.4) is 0 Å². The van der Waals surface area contributed by atoms with Crippen LogP contribution in [0.2, 0.25) is 0 Å². The highest BCUT2D eigenvalue weighted by Crippen LogP contribution is 2.21. The van der Waals surface area contributed by atoms with Gasteiger partial charge in [-0.15, -0.1) is 0 Å². The third-order valence-electron chi connectivity index (χ3n) is 4.94. The molecule has 140 valence electrons. The van der Waals surface area contributed by atoms with E-state index in [0.717, 1.165) is 33.4 Å². The average Bonchev–Trinajstić information content (AvgIpc) is 3.11. The molecule has 0 aliphatic rings. The lowest BCUT2D eigenvalue weighted by atomic mass is 9.93. The summed E-state index contributed by atoms with van der Waals surface area (Å²) in [6, 6.07) is 24.1. The minimum absolute atomic E-state index is 0.0159. The minimum Gasteiger partial charge on any atom is -0.359 e. The molecule has 0 spiro atoms. The summed E-state index contributed by atoms with van der Waals surface area (Å²) in [7, 11) is 0. The van der Waals surface area contributed by atoms with E-state index in [2.05, 4.69) is 39.6 Å². The van der Waals surface area contributed by atoms with Crippen LogP contribution in [0.15, 0.2) is 79.0 Å². The molecule has 0 aliphatic heterocycles. The van der Waals surface area contributed by atoms with Crippen molar-refractivity contribution < 1.29 is 4.79 Å². The lowest BCUT2D eigenvalue weighted by molar-refractivity contribution is -0.122. The highest BCUT2D eigenvalue weighted by atomic mass is 16.1. The van der Waals surface area contributed by atoms with Gasteiger partial charge in [0, 0.05) is 36.1 Å². The molecule has 0 bridgehead atoms. The minimum atomic E-state index is -0.269. The second-order valence-electron chi connectivity index (χ2n) is 7.08. The molecule has 2 N–H and O–H groups in total. The maximum absolute atomic E-state index is 13.0. The van der Waals surface area contributed by atoms with Crippen molar-refractivity contribution >= 4 is 16.8 Å². The number of pyridine rings is 1. The molecule has 4 aromatic rings. The van der Waals surface area contributed by atoms with E-state index >= 15 is 0 Å². The number of carbonyl (C=O) groups excluding carboxylic acids is 1. The number of aryl methyl sites for hydroxylation is 1. The fourth-order valence-corrected chi connectivity index (χ4v) is 3.52. The fraction of sp³-hybridized carbons (Fsp3) is 0.167. The van der Waals surface area contributed by atoms with Gasteiger partial charge in [0.15, 0.2) is 0 Å². The van der Waals surface area contributed by atoms with Crippen molar-refractivity contribution in [2.75, 3.05) is 0 Å². The molecule has 2 aromatic heterocycles. The molecule has 4 nitrogen and oxygen atoms in total. The predicted molar refractivity (Wildman–Crippen MR) is 112 cm³/mol. The maximum atomic E-state index is 13.0. The van der Waals surface area contributed by atoms with Gasteiger partial charge in [-0.2, -0.15) is 0 Å². The largest absolute Gasteiger partial charge is 0.359 e. The average molecular weight is 369 g/mol. The summed E-state index contributed by atoms with van der Waals surface area (Å²) in [5, 5.41) is 4.28. The van der Waals surface area contributed by atoms with Gasteiger partial charge in [-0.25, -0.2) is 0 Å². The predicted octanol–water partition coefficient (Wildman–Crippen LogP) is 4.51. The van der Waals surface area contributed by atoms with Gasteiger partial charge in [0.05, 0.1) is 5.92 Å². The number of aromatic amines is 1. The standard InChI is InChI=1S/C24H23N3O/c1-17-13-20-14-18(10-11-23(20)27-17)16-26-24(28)22(19-7-3-2-4-8-19)15-21-9-5-6-12-25-21/h2-14,22,27H,15-16H2,1H3,(H,26,28). The van der Waals surface area contributed by atoms with E-state index < -0.39 is 0 Å². The number of hydrogen-bond donors (Lipinski definition) is 2. The van der Waals surface area contributed by atoms with E-state index in [0.29, 0.717) is 13.0 Å². The number of aromatic nitrogens is 2. The van der Waals surface area contributed by atoms with Crippen LogP contribution < -0.4 is 5.32 Å². The third-order valence-corrected chi connectivity index (χ3v) is 4.94. The zero-order valence-electron chi connectivity index (χ0n) is 15.9. The Morgan fingerprint density at radius 1 is 1.04 bits per heavy atom. The molecular weight excluding hydrogens is 346 g/mol. The number of hydrogen-bond acceptors (Lipinski definition) is 2. The Bertz CT molecular complexity index is 1070. The van der Waals surface area contributed by atoms with Gasteiger partial charge in [-0.05, 0) is 53.8 Å². The lowest BCUT2D eigenvalue weighted by Gasteiger charge is -2.17. The quantitative estimate of drug-likeness (QED) is 0.525. The lowest BCUT2D eigenvalue weighted by Crippen LogP contribution is -2.30. The molecule has 2 aromatic carbocycles. The second-order valence-corrected chi connectivity index (χ2v) is 7.08. The Kier molecular flexibility index (Phi) is 5.20. The van der Waals surface area contributed by atoms with E-state index in [1.165, 1.54) is 0 Å². The first-order valence-electron chi connectivity index (χ1n) is 9.50. The van der Waals surface area contributed by atoms with Crippen LogP contribution in [-0.2, 0) is 17.8 Å². The molecule has 1 amide bonds. The van der Waals surface area contributed by atoms with Gasteiger partial charge in [0.2, 0.25) is 5.91 Å². The van der Waals surface area contributed by atoms with Crippen LogP contribution in [0.5, 0.6) is 0 Å². The Morgan fingerprint density at radius 2 is 1.86 bits per heavy atom. The summed E-state index contributed by atoms with van der Waals surface area (Å²) >= 11 is 0. The normalized spacial score (nSPS) is 12.0. The number of fused-ring (bicyclic) bond motifs is 1. The first kappa shape index (κ1) is 18.0. The molecule has 4 rings (SSSR count). The monoisotopic (exact) mass is 369 g/mol. The Hall–Kier alpha value is -3.40. The zero-order valence-corrected chi connectivity index (χ0v) is 15.9. The smallest absolute Gasteiger partial charge is 0.228 e. The number of benzene rings is 2. The number of nitrogens with zero attached hydrogens (tertiary/aromatic N) is 1. The van der Waals surface area contributed by atoms with Crippen molar-refractivity contribution in [1.29, 1.82) is 0 Å². The van der Waals surface area contributed by atoms with Crippen molar-refractivity contribution in [1.82, 2.24) is 15.3 Å². The van der Waals surface area contributed by atoms with E-state index in [1.54, 1.807) is 6.20 Å². The molecule has 2 heterocycles. The fourth-order valence-electron chi connectivity index (χ4n) is 3.52. The van der Waals surface area contributed by atoms with Crippen LogP contribution in [-0.4, -0.2) is 15.9 Å². The van der Waals surface area contributed by atoms with Gasteiger partial charge in [0.25, 0.3) is 0 Å². The number of rotatable bonds is 6. The van der Waals surface area contributed by atoms with Gasteiger partial charge in [-0.1, -0.05) is 42.5 Å². The SMILES string of the molecule is Cc1cc2cc(CNC(=O)C(Cc3ccccn3)c3ccccc3)ccc2[nH]1. The van der Waals surface area contributed by atoms with E-state index in [-0.39, 0.29) is 11.8 Å². The van der Waals surface area contributed by atoms with Crippen molar-refractivity contribution in [3.05, 3.63) is 102 Å². The molecule has 0 radical (unpaired) electrons. The van der Waals surface area contributed by atoms with Crippen LogP contribution in [0, 0.1) is 6.92 Å². The molecule has 0 fully saturated rings. The van der Waals surface area contributed by atoms with Crippen molar-refractivity contribution in [3.8, 4) is 0 Å². The first-order chi connectivity index (χ1) is 13.7. The van der Waals surface area contributed by atoms with Crippen LogP contribution >= 0.6 is 0 Å². The number of nitrogens with one attached hydrogen (secondary N) is 2. The third kappa shape index (κ3) is 4.12. The van der Waals surface area contributed by atoms with E-state index in [4.69, 9.17) is 0 Å². The Labute approximate surface area is 164 Å². The highest BCUT2D eigenvalue weighted by Gasteiger charge is 2.21. The molecule has 0 aliphatic carbocycles. The van der Waals surface area contributed by atoms with Crippen molar-refractivity contribution in [2.45, 2.75) is 25.8 Å². The van der Waals surface area contributed by atoms with E-state index in [1.807, 2.05) is 55.5 Å². The maximum Gasteiger partial charge on any atom is 0.228 e. The van der Waals surface area contributed by atoms with Crippen molar-refractivity contribution in [3.63, 3.8) is 0 Å². The molecule has 1 unspecified atom stereocenters. The van der Waals surface area contributed by atoms with Crippen molar-refractivity contribution in [2.24, 2.45) is 0 Å². The summed E-state index contributed by atoms with van der Waals surface area (Å²) in [5.74, 6) is -0.253. The van der Waals surface area contributed by atoms with Crippen LogP contribution in [0.4, 0.5) is 0 Å². The summed E-state index contributed by atoms with van der Waals surface area (Å²) in [6.45, 7) is 2.55. The van der Waals surface area contributed by atoms with Crippen LogP contribution in [0.1, 0.15) is 28.4 Å². The molecule has 4 heteroatoms. The number of amides is 1. The summed E-state index contributed by atoms with van der Waals surface area (Å²) in [6.07, 6.45) is 2.34. The Balaban J connectivity index is 1.51. The topological polar surface area (TPSA) is 57.8 Å². The zero-order chi connectivity index (χ0) is 19.3. The summed E-state index contributed by atoms with van der Waals surface area (Å²) in [5.41, 5.74) is 5.25. The Morgan fingerprint density at radius 3 is 2.64 bits per heavy atom. The summed E-state index contributed by atoms with van der Waals surface area (Å²) < 4.78 is 0. The van der Waals surface area contributed by atoms with Gasteiger partial charge < -0.3 is 10.3 Å². The van der Waals surface area contributed by atoms with Gasteiger partial charge >= 0.3 is 0 Å². The van der Waals surface area contributed by atoms with Gasteiger partial charge in [-0.3, -0.25) is 9.78 Å². The van der Waals surface area contributed by atoms with E-state index in [9.17, 15) is 4.79 Å². The highest BCUT2D eigenvalue weighted by molar-refractivity contribution is 5.84. The number of H-pyrrole nitrogens is 1. The molecule has 0 saturated heterocycles. The molecule has 28 heavy (non-hydrogen) atoms. The second kappa shape index (κ2) is 8.09. The van der Waals surface area contributed by atoms with Crippen LogP contribution in [0.25, 0.3) is 10.9 Å². The molecule has 0 saturated carbocycles. The van der Waals surface area contributed by atoms with Gasteiger partial charge in [0.1, 0.15) is 0 Å². The molecule has 1 atom stereocenters.